The maximum absolute atomic E-state index is 9.42. The van der Waals surface area contributed by atoms with E-state index in [0.717, 1.165) is 52.9 Å². The van der Waals surface area contributed by atoms with Crippen molar-refractivity contribution in [3.8, 4) is 17.2 Å². The summed E-state index contributed by atoms with van der Waals surface area (Å²) in [5, 5.41) is 10.5. The molecule has 5 rings (SSSR count). The van der Waals surface area contributed by atoms with Crippen LogP contribution in [0.15, 0.2) is 109 Å². The average Bonchev–Trinajstić information content (AvgIpc) is 2.92. The van der Waals surface area contributed by atoms with E-state index in [9.17, 15) is 5.11 Å². The first-order valence-electron chi connectivity index (χ1n) is 12.3. The van der Waals surface area contributed by atoms with Crippen molar-refractivity contribution >= 4 is 10.9 Å². The second kappa shape index (κ2) is 11.4. The van der Waals surface area contributed by atoms with Gasteiger partial charge in [0.2, 0.25) is 0 Å². The second-order valence-corrected chi connectivity index (χ2v) is 8.89. The smallest absolute Gasteiger partial charge is 0.130 e. The van der Waals surface area contributed by atoms with E-state index in [1.165, 1.54) is 11.1 Å². The molecule has 0 fully saturated rings. The van der Waals surface area contributed by atoms with Crippen LogP contribution in [0.5, 0.6) is 17.2 Å². The average molecular weight is 476 g/mol. The minimum atomic E-state index is 0.308. The number of aryl methyl sites for hydroxylation is 2. The molecule has 36 heavy (non-hydrogen) atoms. The number of aromatic hydroxyl groups is 1. The first-order valence-corrected chi connectivity index (χ1v) is 12.3. The molecule has 0 saturated heterocycles. The summed E-state index contributed by atoms with van der Waals surface area (Å²) in [6, 6.07) is 35.9. The van der Waals surface area contributed by atoms with Crippen LogP contribution in [-0.4, -0.2) is 10.1 Å². The number of aromatic nitrogens is 1. The quantitative estimate of drug-likeness (QED) is 0.231. The van der Waals surface area contributed by atoms with Crippen LogP contribution in [0.4, 0.5) is 0 Å². The SMILES string of the molecule is Oc1ccc(CCCc2cccc(OCc3cccc(OCc4ccc5ccccc5n4)c3)c2)cc1. The number of hydrogen-bond acceptors (Lipinski definition) is 4. The summed E-state index contributed by atoms with van der Waals surface area (Å²) in [6.45, 7) is 0.893. The molecule has 1 heterocycles. The lowest BCUT2D eigenvalue weighted by Crippen LogP contribution is -2.00. The minimum absolute atomic E-state index is 0.308. The normalized spacial score (nSPS) is 10.9. The fraction of sp³-hybridized carbons (Fsp3) is 0.156. The van der Waals surface area contributed by atoms with E-state index in [2.05, 4.69) is 29.2 Å². The molecule has 4 nitrogen and oxygen atoms in total. The molecular weight excluding hydrogens is 446 g/mol. The van der Waals surface area contributed by atoms with Crippen LogP contribution in [-0.2, 0) is 26.1 Å². The van der Waals surface area contributed by atoms with Gasteiger partial charge >= 0.3 is 0 Å². The first kappa shape index (κ1) is 23.4. The molecule has 0 atom stereocenters. The van der Waals surface area contributed by atoms with Gasteiger partial charge in [0.25, 0.3) is 0 Å². The van der Waals surface area contributed by atoms with Gasteiger partial charge in [-0.25, -0.2) is 4.98 Å². The van der Waals surface area contributed by atoms with Crippen molar-refractivity contribution in [3.05, 3.63) is 132 Å². The first-order chi connectivity index (χ1) is 17.7. The molecule has 0 amide bonds. The van der Waals surface area contributed by atoms with Crippen molar-refractivity contribution in [1.82, 2.24) is 4.98 Å². The van der Waals surface area contributed by atoms with E-state index < -0.39 is 0 Å². The molecule has 0 aliphatic carbocycles. The number of pyridine rings is 1. The van der Waals surface area contributed by atoms with Crippen LogP contribution in [0.2, 0.25) is 0 Å². The van der Waals surface area contributed by atoms with Gasteiger partial charge in [-0.3, -0.25) is 0 Å². The Morgan fingerprint density at radius 3 is 2.11 bits per heavy atom. The molecule has 5 aromatic rings. The molecular formula is C32H29NO3. The molecule has 0 aliphatic rings. The standard InChI is InChI=1S/C32H29NO3/c34-29-18-14-24(15-19-29)6-3-7-25-8-4-11-30(20-25)35-22-26-9-5-12-31(21-26)36-23-28-17-16-27-10-1-2-13-32(27)33-28/h1-2,4-5,8-21,34H,3,6-7,22-23H2. The summed E-state index contributed by atoms with van der Waals surface area (Å²) in [7, 11) is 0. The Hall–Kier alpha value is -4.31. The lowest BCUT2D eigenvalue weighted by atomic mass is 10.0. The fourth-order valence-electron chi connectivity index (χ4n) is 4.19. The van der Waals surface area contributed by atoms with E-state index in [1.807, 2.05) is 72.8 Å². The van der Waals surface area contributed by atoms with Gasteiger partial charge in [-0.05, 0) is 84.5 Å². The Bertz CT molecular complexity index is 1430. The zero-order chi connectivity index (χ0) is 24.6. The summed E-state index contributed by atoms with van der Waals surface area (Å²) >= 11 is 0. The molecule has 1 aromatic heterocycles. The van der Waals surface area contributed by atoms with E-state index in [1.54, 1.807) is 12.1 Å². The predicted molar refractivity (Wildman–Crippen MR) is 143 cm³/mol. The highest BCUT2D eigenvalue weighted by molar-refractivity contribution is 5.78. The van der Waals surface area contributed by atoms with Crippen LogP contribution >= 0.6 is 0 Å². The Kier molecular flexibility index (Phi) is 7.43. The third-order valence-corrected chi connectivity index (χ3v) is 6.11. The number of rotatable bonds is 10. The Balaban J connectivity index is 1.13. The molecule has 0 radical (unpaired) electrons. The maximum Gasteiger partial charge on any atom is 0.130 e. The molecule has 0 saturated carbocycles. The minimum Gasteiger partial charge on any atom is -0.508 e. The van der Waals surface area contributed by atoms with Crippen molar-refractivity contribution in [2.24, 2.45) is 0 Å². The number of para-hydroxylation sites is 1. The van der Waals surface area contributed by atoms with Crippen LogP contribution in [0.1, 0.15) is 28.8 Å². The van der Waals surface area contributed by atoms with Gasteiger partial charge in [-0.2, -0.15) is 0 Å². The highest BCUT2D eigenvalue weighted by Gasteiger charge is 2.04. The number of fused-ring (bicyclic) bond motifs is 1. The van der Waals surface area contributed by atoms with Crippen molar-refractivity contribution < 1.29 is 14.6 Å². The van der Waals surface area contributed by atoms with Crippen LogP contribution in [0.25, 0.3) is 10.9 Å². The number of hydrogen-bond donors (Lipinski definition) is 1. The zero-order valence-electron chi connectivity index (χ0n) is 20.1. The second-order valence-electron chi connectivity index (χ2n) is 8.89. The van der Waals surface area contributed by atoms with Gasteiger partial charge in [-0.15, -0.1) is 0 Å². The van der Waals surface area contributed by atoms with E-state index >= 15 is 0 Å². The number of phenols is 1. The third-order valence-electron chi connectivity index (χ3n) is 6.11. The molecule has 1 N–H and O–H groups in total. The van der Waals surface area contributed by atoms with Crippen LogP contribution < -0.4 is 9.47 Å². The van der Waals surface area contributed by atoms with E-state index in [0.29, 0.717) is 19.0 Å². The Labute approximate surface area is 211 Å². The summed E-state index contributed by atoms with van der Waals surface area (Å²) in [5.74, 6) is 1.97. The molecule has 0 unspecified atom stereocenters. The Morgan fingerprint density at radius 2 is 1.28 bits per heavy atom. The largest absolute Gasteiger partial charge is 0.508 e. The lowest BCUT2D eigenvalue weighted by molar-refractivity contribution is 0.293. The molecule has 180 valence electrons. The summed E-state index contributed by atoms with van der Waals surface area (Å²) in [5.41, 5.74) is 5.42. The van der Waals surface area contributed by atoms with Crippen LogP contribution in [0.3, 0.4) is 0 Å². The molecule has 0 aliphatic heterocycles. The van der Waals surface area contributed by atoms with E-state index in [4.69, 9.17) is 9.47 Å². The number of nitrogens with zero attached hydrogens (tertiary/aromatic N) is 1. The lowest BCUT2D eigenvalue weighted by Gasteiger charge is -2.11. The van der Waals surface area contributed by atoms with Crippen molar-refractivity contribution in [2.75, 3.05) is 0 Å². The van der Waals surface area contributed by atoms with Gasteiger partial charge in [-0.1, -0.05) is 60.7 Å². The molecule has 0 spiro atoms. The van der Waals surface area contributed by atoms with Crippen molar-refractivity contribution in [3.63, 3.8) is 0 Å². The monoisotopic (exact) mass is 475 g/mol. The van der Waals surface area contributed by atoms with Crippen molar-refractivity contribution in [2.45, 2.75) is 32.5 Å². The molecule has 4 heteroatoms. The number of ether oxygens (including phenoxy) is 2. The molecule has 4 aromatic carbocycles. The zero-order valence-corrected chi connectivity index (χ0v) is 20.1. The third kappa shape index (κ3) is 6.42. The highest BCUT2D eigenvalue weighted by Crippen LogP contribution is 2.20. The predicted octanol–water partition coefficient (Wildman–Crippen LogP) is 7.27. The summed E-state index contributed by atoms with van der Waals surface area (Å²) in [4.78, 5) is 4.68. The number of phenolic OH excluding ortho intramolecular Hbond substituents is 1. The summed E-state index contributed by atoms with van der Waals surface area (Å²) in [6.07, 6.45) is 3.00. The van der Waals surface area contributed by atoms with Gasteiger partial charge in [0, 0.05) is 5.39 Å². The molecule has 0 bridgehead atoms. The maximum atomic E-state index is 9.42. The fourth-order valence-corrected chi connectivity index (χ4v) is 4.19. The summed E-state index contributed by atoms with van der Waals surface area (Å²) < 4.78 is 12.1. The van der Waals surface area contributed by atoms with Gasteiger partial charge in [0.15, 0.2) is 0 Å². The van der Waals surface area contributed by atoms with Gasteiger partial charge < -0.3 is 14.6 Å². The highest BCUT2D eigenvalue weighted by atomic mass is 16.5. The van der Waals surface area contributed by atoms with Crippen LogP contribution in [0, 0.1) is 0 Å². The topological polar surface area (TPSA) is 51.6 Å². The van der Waals surface area contributed by atoms with E-state index in [-0.39, 0.29) is 0 Å². The number of benzene rings is 4. The van der Waals surface area contributed by atoms with Gasteiger partial charge in [0.1, 0.15) is 30.5 Å². The Morgan fingerprint density at radius 1 is 0.583 bits per heavy atom. The van der Waals surface area contributed by atoms with Crippen molar-refractivity contribution in [1.29, 1.82) is 0 Å². The van der Waals surface area contributed by atoms with Gasteiger partial charge in [0.05, 0.1) is 11.2 Å².